The first-order valence-corrected chi connectivity index (χ1v) is 8.08. The maximum atomic E-state index is 3.65. The summed E-state index contributed by atoms with van der Waals surface area (Å²) in [6, 6.07) is 10.3. The van der Waals surface area contributed by atoms with Crippen LogP contribution in [-0.2, 0) is 6.54 Å². The van der Waals surface area contributed by atoms with E-state index in [-0.39, 0.29) is 0 Å². The van der Waals surface area contributed by atoms with Crippen molar-refractivity contribution in [3.63, 3.8) is 0 Å². The molecular formula is C17H27N3. The maximum absolute atomic E-state index is 3.65. The average Bonchev–Trinajstić information content (AvgIpc) is 3.29. The van der Waals surface area contributed by atoms with Crippen LogP contribution in [0.5, 0.6) is 0 Å². The minimum atomic E-state index is 0.651. The van der Waals surface area contributed by atoms with Gasteiger partial charge in [0.25, 0.3) is 0 Å². The normalized spacial score (nSPS) is 24.1. The first-order chi connectivity index (χ1) is 9.78. The Labute approximate surface area is 123 Å². The number of para-hydroxylation sites is 1. The molecule has 0 amide bonds. The third kappa shape index (κ3) is 3.15. The number of piperazine rings is 1. The van der Waals surface area contributed by atoms with Crippen molar-refractivity contribution in [1.82, 2.24) is 10.2 Å². The Kier molecular flexibility index (Phi) is 4.27. The molecule has 0 spiro atoms. The lowest BCUT2D eigenvalue weighted by molar-refractivity contribution is 0.199. The summed E-state index contributed by atoms with van der Waals surface area (Å²) < 4.78 is 0. The van der Waals surface area contributed by atoms with Gasteiger partial charge in [0.05, 0.1) is 0 Å². The van der Waals surface area contributed by atoms with E-state index in [1.807, 2.05) is 0 Å². The molecule has 0 bridgehead atoms. The smallest absolute Gasteiger partial charge is 0.0412 e. The molecular weight excluding hydrogens is 246 g/mol. The van der Waals surface area contributed by atoms with E-state index in [0.717, 1.165) is 25.7 Å². The van der Waals surface area contributed by atoms with E-state index >= 15 is 0 Å². The van der Waals surface area contributed by atoms with Crippen LogP contribution in [0.15, 0.2) is 24.3 Å². The van der Waals surface area contributed by atoms with Gasteiger partial charge >= 0.3 is 0 Å². The van der Waals surface area contributed by atoms with Crippen molar-refractivity contribution in [2.75, 3.05) is 31.1 Å². The highest BCUT2D eigenvalue weighted by molar-refractivity contribution is 5.54. The molecule has 1 aliphatic carbocycles. The number of hydrogen-bond donors (Lipinski definition) is 1. The first-order valence-electron chi connectivity index (χ1n) is 8.08. The average molecular weight is 273 g/mol. The zero-order chi connectivity index (χ0) is 13.9. The molecule has 1 saturated heterocycles. The molecule has 1 aliphatic heterocycles. The number of likely N-dealkylation sites (N-methyl/N-ethyl adjacent to an activating group) is 1. The summed E-state index contributed by atoms with van der Waals surface area (Å²) >= 11 is 0. The van der Waals surface area contributed by atoms with Crippen LogP contribution < -0.4 is 10.2 Å². The Balaban J connectivity index is 1.69. The summed E-state index contributed by atoms with van der Waals surface area (Å²) in [7, 11) is 0. The molecule has 3 nitrogen and oxygen atoms in total. The molecule has 3 heteroatoms. The number of nitrogens with zero attached hydrogens (tertiary/aromatic N) is 2. The van der Waals surface area contributed by atoms with Crippen molar-refractivity contribution in [3.8, 4) is 0 Å². The van der Waals surface area contributed by atoms with E-state index in [4.69, 9.17) is 0 Å². The quantitative estimate of drug-likeness (QED) is 0.889. The molecule has 20 heavy (non-hydrogen) atoms. The van der Waals surface area contributed by atoms with Gasteiger partial charge in [0.2, 0.25) is 0 Å². The van der Waals surface area contributed by atoms with Crippen molar-refractivity contribution in [2.24, 2.45) is 0 Å². The minimum absolute atomic E-state index is 0.651. The maximum Gasteiger partial charge on any atom is 0.0412 e. The molecule has 3 rings (SSSR count). The van der Waals surface area contributed by atoms with Crippen LogP contribution in [0.2, 0.25) is 0 Å². The Hall–Kier alpha value is -1.06. The molecule has 1 aromatic carbocycles. The second kappa shape index (κ2) is 6.15. The highest BCUT2D eigenvalue weighted by Gasteiger charge is 2.24. The van der Waals surface area contributed by atoms with E-state index in [1.54, 1.807) is 0 Å². The Morgan fingerprint density at radius 2 is 2.00 bits per heavy atom. The van der Waals surface area contributed by atoms with Gasteiger partial charge in [-0.3, -0.25) is 4.90 Å². The molecule has 1 heterocycles. The first kappa shape index (κ1) is 13.9. The monoisotopic (exact) mass is 273 g/mol. The zero-order valence-electron chi connectivity index (χ0n) is 12.8. The summed E-state index contributed by atoms with van der Waals surface area (Å²) in [6.07, 6.45) is 2.71. The molecule has 2 aliphatic rings. The molecule has 1 saturated carbocycles. The fourth-order valence-corrected chi connectivity index (χ4v) is 3.19. The lowest BCUT2D eigenvalue weighted by Crippen LogP contribution is -2.52. The van der Waals surface area contributed by atoms with Gasteiger partial charge in [-0.05, 0) is 37.9 Å². The number of nitrogens with one attached hydrogen (secondary N) is 1. The second-order valence-corrected chi connectivity index (χ2v) is 6.21. The lowest BCUT2D eigenvalue weighted by atomic mass is 10.1. The van der Waals surface area contributed by atoms with Gasteiger partial charge in [-0.1, -0.05) is 25.1 Å². The fourth-order valence-electron chi connectivity index (χ4n) is 3.19. The number of rotatable bonds is 5. The standard InChI is InChI=1S/C17H27N3/c1-3-19-10-11-20(13-14(19)2)17-7-5-4-6-15(17)12-18-16-8-9-16/h4-7,14,16,18H,3,8-13H2,1-2H3. The van der Waals surface area contributed by atoms with E-state index in [9.17, 15) is 0 Å². The van der Waals surface area contributed by atoms with Crippen LogP contribution in [0.25, 0.3) is 0 Å². The highest BCUT2D eigenvalue weighted by atomic mass is 15.3. The molecule has 2 fully saturated rings. The highest BCUT2D eigenvalue weighted by Crippen LogP contribution is 2.25. The Morgan fingerprint density at radius 1 is 1.20 bits per heavy atom. The molecule has 1 unspecified atom stereocenters. The second-order valence-electron chi connectivity index (χ2n) is 6.21. The van der Waals surface area contributed by atoms with Gasteiger partial charge in [0, 0.05) is 44.0 Å². The van der Waals surface area contributed by atoms with E-state index < -0.39 is 0 Å². The summed E-state index contributed by atoms with van der Waals surface area (Å²) in [6.45, 7) is 10.3. The topological polar surface area (TPSA) is 18.5 Å². The van der Waals surface area contributed by atoms with Crippen molar-refractivity contribution < 1.29 is 0 Å². The summed E-state index contributed by atoms with van der Waals surface area (Å²) in [5.74, 6) is 0. The van der Waals surface area contributed by atoms with Gasteiger partial charge in [-0.2, -0.15) is 0 Å². The van der Waals surface area contributed by atoms with Crippen molar-refractivity contribution in [1.29, 1.82) is 0 Å². The van der Waals surface area contributed by atoms with Crippen molar-refractivity contribution >= 4 is 5.69 Å². The molecule has 110 valence electrons. The van der Waals surface area contributed by atoms with Gasteiger partial charge in [-0.15, -0.1) is 0 Å². The fraction of sp³-hybridized carbons (Fsp3) is 0.647. The van der Waals surface area contributed by atoms with Crippen molar-refractivity contribution in [2.45, 2.75) is 45.3 Å². The molecule has 1 N–H and O–H groups in total. The van der Waals surface area contributed by atoms with Crippen LogP contribution in [0.1, 0.15) is 32.3 Å². The molecule has 1 atom stereocenters. The SMILES string of the molecule is CCN1CCN(c2ccccc2CNC2CC2)CC1C. The van der Waals surface area contributed by atoms with Gasteiger partial charge in [0.1, 0.15) is 0 Å². The predicted molar refractivity (Wildman–Crippen MR) is 85.2 cm³/mol. The summed E-state index contributed by atoms with van der Waals surface area (Å²) in [4.78, 5) is 5.14. The molecule has 0 aromatic heterocycles. The third-order valence-electron chi connectivity index (χ3n) is 4.66. The Morgan fingerprint density at radius 3 is 2.70 bits per heavy atom. The molecule has 1 aromatic rings. The third-order valence-corrected chi connectivity index (χ3v) is 4.66. The van der Waals surface area contributed by atoms with E-state index in [1.165, 1.54) is 37.2 Å². The van der Waals surface area contributed by atoms with Crippen LogP contribution in [-0.4, -0.2) is 43.2 Å². The van der Waals surface area contributed by atoms with Gasteiger partial charge in [-0.25, -0.2) is 0 Å². The number of anilines is 1. The van der Waals surface area contributed by atoms with E-state index in [0.29, 0.717) is 6.04 Å². The predicted octanol–water partition coefficient (Wildman–Crippen LogP) is 2.47. The van der Waals surface area contributed by atoms with Crippen molar-refractivity contribution in [3.05, 3.63) is 29.8 Å². The number of benzene rings is 1. The van der Waals surface area contributed by atoms with Crippen LogP contribution in [0.3, 0.4) is 0 Å². The van der Waals surface area contributed by atoms with E-state index in [2.05, 4.69) is 53.2 Å². The summed E-state index contributed by atoms with van der Waals surface area (Å²) in [5.41, 5.74) is 2.89. The largest absolute Gasteiger partial charge is 0.368 e. The zero-order valence-corrected chi connectivity index (χ0v) is 12.8. The van der Waals surface area contributed by atoms with Crippen LogP contribution in [0.4, 0.5) is 5.69 Å². The molecule has 0 radical (unpaired) electrons. The van der Waals surface area contributed by atoms with Gasteiger partial charge < -0.3 is 10.2 Å². The minimum Gasteiger partial charge on any atom is -0.368 e. The van der Waals surface area contributed by atoms with Gasteiger partial charge in [0.15, 0.2) is 0 Å². The lowest BCUT2D eigenvalue weighted by Gasteiger charge is -2.41. The number of hydrogen-bond acceptors (Lipinski definition) is 3. The Bertz CT molecular complexity index is 442. The summed E-state index contributed by atoms with van der Waals surface area (Å²) in [5, 5.41) is 3.65. The van der Waals surface area contributed by atoms with Crippen LogP contribution in [0, 0.1) is 0 Å². The van der Waals surface area contributed by atoms with Crippen LogP contribution >= 0.6 is 0 Å².